The Morgan fingerprint density at radius 2 is 1.71 bits per heavy atom. The van der Waals surface area contributed by atoms with Crippen molar-refractivity contribution >= 4 is 0 Å². The summed E-state index contributed by atoms with van der Waals surface area (Å²) in [4.78, 5) is 0. The number of nitrogens with two attached hydrogens (primary N) is 1. The lowest BCUT2D eigenvalue weighted by Gasteiger charge is -2.14. The van der Waals surface area contributed by atoms with Gasteiger partial charge in [0, 0.05) is 6.54 Å². The number of halogens is 3. The van der Waals surface area contributed by atoms with E-state index >= 15 is 0 Å². The maximum absolute atomic E-state index is 12.0. The van der Waals surface area contributed by atoms with Crippen molar-refractivity contribution in [1.82, 2.24) is 0 Å². The monoisotopic (exact) mass is 205 g/mol. The number of hydrogen-bond donors (Lipinski definition) is 2. The third-order valence-corrected chi connectivity index (χ3v) is 1.84. The predicted octanol–water partition coefficient (Wildman–Crippen LogP) is 1.74. The maximum Gasteiger partial charge on any atom is 0.418 e. The van der Waals surface area contributed by atoms with Gasteiger partial charge in [-0.3, -0.25) is 0 Å². The Balaban J connectivity index is 2.87. The molecule has 3 N–H and O–H groups in total. The Hall–Kier alpha value is -1.07. The van der Waals surface area contributed by atoms with E-state index in [1.54, 1.807) is 0 Å². The molecule has 0 spiro atoms. The molecule has 1 rings (SSSR count). The summed E-state index contributed by atoms with van der Waals surface area (Å²) in [6, 6.07) is 5.37. The molecule has 0 saturated heterocycles. The number of aliphatic hydroxyl groups is 1. The van der Waals surface area contributed by atoms with E-state index in [9.17, 15) is 13.2 Å². The van der Waals surface area contributed by atoms with Crippen LogP contribution in [0, 0.1) is 0 Å². The summed E-state index contributed by atoms with van der Waals surface area (Å²) in [7, 11) is 0. The van der Waals surface area contributed by atoms with E-state index < -0.39 is 12.3 Å². The molecular weight excluding hydrogens is 195 g/mol. The zero-order valence-electron chi connectivity index (χ0n) is 7.25. The predicted molar refractivity (Wildman–Crippen MR) is 45.3 cm³/mol. The fourth-order valence-electron chi connectivity index (χ4n) is 1.02. The minimum Gasteiger partial charge on any atom is -0.379 e. The summed E-state index contributed by atoms with van der Waals surface area (Å²) in [6.45, 7) is 0.266. The number of aliphatic hydroxyl groups excluding tert-OH is 1. The smallest absolute Gasteiger partial charge is 0.379 e. The van der Waals surface area contributed by atoms with E-state index in [2.05, 4.69) is 0 Å². The second-order valence-electron chi connectivity index (χ2n) is 2.89. The summed E-state index contributed by atoms with van der Waals surface area (Å²) in [5, 5.41) is 8.86. The van der Waals surface area contributed by atoms with Crippen molar-refractivity contribution in [2.75, 3.05) is 0 Å². The first-order valence-electron chi connectivity index (χ1n) is 3.99. The summed E-state index contributed by atoms with van der Waals surface area (Å²) < 4.78 is 36.1. The molecule has 0 aliphatic carbocycles. The van der Waals surface area contributed by atoms with Crippen LogP contribution in [0.3, 0.4) is 0 Å². The molecule has 14 heavy (non-hydrogen) atoms. The zero-order valence-corrected chi connectivity index (χ0v) is 7.25. The molecule has 1 atom stereocenters. The Morgan fingerprint density at radius 1 is 1.21 bits per heavy atom. The summed E-state index contributed by atoms with van der Waals surface area (Å²) in [5.41, 5.74) is 5.83. The van der Waals surface area contributed by atoms with E-state index in [-0.39, 0.29) is 12.1 Å². The Morgan fingerprint density at radius 3 is 2.07 bits per heavy atom. The molecule has 78 valence electrons. The van der Waals surface area contributed by atoms with Gasteiger partial charge in [-0.25, -0.2) is 0 Å². The quantitative estimate of drug-likeness (QED) is 0.772. The highest BCUT2D eigenvalue weighted by Crippen LogP contribution is 2.32. The van der Waals surface area contributed by atoms with Crippen molar-refractivity contribution in [3.05, 3.63) is 35.4 Å². The highest BCUT2D eigenvalue weighted by atomic mass is 19.4. The molecular formula is C9H10F3NO. The first-order valence-corrected chi connectivity index (χ1v) is 3.99. The largest absolute Gasteiger partial charge is 0.418 e. The molecule has 1 unspecified atom stereocenters. The van der Waals surface area contributed by atoms with Gasteiger partial charge in [0.1, 0.15) is 0 Å². The van der Waals surface area contributed by atoms with Crippen LogP contribution in [0.15, 0.2) is 24.3 Å². The van der Waals surface area contributed by atoms with Gasteiger partial charge in [0.05, 0.1) is 0 Å². The van der Waals surface area contributed by atoms with Gasteiger partial charge in [-0.1, -0.05) is 24.3 Å². The van der Waals surface area contributed by atoms with Gasteiger partial charge < -0.3 is 10.8 Å². The normalized spacial score (nSPS) is 14.1. The highest BCUT2D eigenvalue weighted by molar-refractivity contribution is 5.24. The van der Waals surface area contributed by atoms with Gasteiger partial charge in [-0.2, -0.15) is 13.2 Å². The molecule has 1 aromatic rings. The second kappa shape index (κ2) is 3.98. The minimum atomic E-state index is -4.62. The first kappa shape index (κ1) is 11.0. The minimum absolute atomic E-state index is 0.172. The van der Waals surface area contributed by atoms with Gasteiger partial charge in [0.15, 0.2) is 6.10 Å². The summed E-state index contributed by atoms with van der Waals surface area (Å²) in [6.07, 6.45) is -7.04. The van der Waals surface area contributed by atoms with Crippen LogP contribution in [-0.4, -0.2) is 11.3 Å². The van der Waals surface area contributed by atoms with Crippen LogP contribution < -0.4 is 5.73 Å². The number of rotatable bonds is 2. The van der Waals surface area contributed by atoms with Gasteiger partial charge in [0.25, 0.3) is 0 Å². The SMILES string of the molecule is NCc1ccc(C(O)C(F)(F)F)cc1. The molecule has 5 heteroatoms. The Kier molecular flexibility index (Phi) is 3.13. The molecule has 0 radical (unpaired) electrons. The van der Waals surface area contributed by atoms with Crippen molar-refractivity contribution in [2.24, 2.45) is 5.73 Å². The fraction of sp³-hybridized carbons (Fsp3) is 0.333. The fourth-order valence-corrected chi connectivity index (χ4v) is 1.02. The van der Waals surface area contributed by atoms with E-state index in [4.69, 9.17) is 10.8 Å². The van der Waals surface area contributed by atoms with Crippen LogP contribution in [-0.2, 0) is 6.54 Å². The number of alkyl halides is 3. The molecule has 0 aliphatic rings. The number of benzene rings is 1. The molecule has 0 fully saturated rings. The molecule has 0 aromatic heterocycles. The molecule has 0 amide bonds. The van der Waals surface area contributed by atoms with Crippen LogP contribution in [0.5, 0.6) is 0 Å². The third-order valence-electron chi connectivity index (χ3n) is 1.84. The Labute approximate surface area is 79.2 Å². The first-order chi connectivity index (χ1) is 6.45. The average molecular weight is 205 g/mol. The van der Waals surface area contributed by atoms with Gasteiger partial charge >= 0.3 is 6.18 Å². The molecule has 0 heterocycles. The highest BCUT2D eigenvalue weighted by Gasteiger charge is 2.39. The van der Waals surface area contributed by atoms with Crippen molar-refractivity contribution in [1.29, 1.82) is 0 Å². The van der Waals surface area contributed by atoms with Crippen LogP contribution in [0.25, 0.3) is 0 Å². The third kappa shape index (κ3) is 2.46. The second-order valence-corrected chi connectivity index (χ2v) is 2.89. The van der Waals surface area contributed by atoms with Gasteiger partial charge in [0.2, 0.25) is 0 Å². The van der Waals surface area contributed by atoms with Crippen LogP contribution >= 0.6 is 0 Å². The molecule has 0 saturated carbocycles. The average Bonchev–Trinajstić information content (AvgIpc) is 2.15. The molecule has 2 nitrogen and oxygen atoms in total. The maximum atomic E-state index is 12.0. The lowest BCUT2D eigenvalue weighted by Crippen LogP contribution is -2.20. The topological polar surface area (TPSA) is 46.2 Å². The van der Waals surface area contributed by atoms with Crippen molar-refractivity contribution in [3.63, 3.8) is 0 Å². The van der Waals surface area contributed by atoms with Crippen molar-refractivity contribution < 1.29 is 18.3 Å². The van der Waals surface area contributed by atoms with Crippen LogP contribution in [0.2, 0.25) is 0 Å². The van der Waals surface area contributed by atoms with Crippen LogP contribution in [0.4, 0.5) is 13.2 Å². The molecule has 1 aromatic carbocycles. The van der Waals surface area contributed by atoms with Crippen molar-refractivity contribution in [3.8, 4) is 0 Å². The van der Waals surface area contributed by atoms with E-state index in [1.807, 2.05) is 0 Å². The Bertz CT molecular complexity index is 294. The van der Waals surface area contributed by atoms with E-state index in [0.717, 1.165) is 5.56 Å². The summed E-state index contributed by atoms with van der Waals surface area (Å²) >= 11 is 0. The number of hydrogen-bond acceptors (Lipinski definition) is 2. The van der Waals surface area contributed by atoms with Gasteiger partial charge in [-0.15, -0.1) is 0 Å². The molecule has 0 aliphatic heterocycles. The molecule has 0 bridgehead atoms. The van der Waals surface area contributed by atoms with Crippen LogP contribution in [0.1, 0.15) is 17.2 Å². The zero-order chi connectivity index (χ0) is 10.8. The standard InChI is InChI=1S/C9H10F3NO/c10-9(11,12)8(14)7-3-1-6(5-13)2-4-7/h1-4,8,14H,5,13H2. The van der Waals surface area contributed by atoms with Gasteiger partial charge in [-0.05, 0) is 11.1 Å². The lowest BCUT2D eigenvalue weighted by atomic mass is 10.1. The van der Waals surface area contributed by atoms with E-state index in [1.165, 1.54) is 24.3 Å². The summed E-state index contributed by atoms with van der Waals surface area (Å²) in [5.74, 6) is 0. The lowest BCUT2D eigenvalue weighted by molar-refractivity contribution is -0.206. The van der Waals surface area contributed by atoms with Crippen molar-refractivity contribution in [2.45, 2.75) is 18.8 Å². The van der Waals surface area contributed by atoms with E-state index in [0.29, 0.717) is 0 Å².